The van der Waals surface area contributed by atoms with Crippen molar-refractivity contribution in [1.29, 1.82) is 0 Å². The Labute approximate surface area is 249 Å². The number of hydrogen-bond donors (Lipinski definition) is 1. The Kier molecular flexibility index (Phi) is 11.5. The topological polar surface area (TPSA) is 86.8 Å². The predicted molar refractivity (Wildman–Crippen MR) is 157 cm³/mol. The molecule has 0 aliphatic rings. The molecule has 2 amide bonds. The molecule has 0 heterocycles. The van der Waals surface area contributed by atoms with Crippen LogP contribution < -0.4 is 9.62 Å². The number of carbonyl (C=O) groups excluding carboxylic acids is 2. The van der Waals surface area contributed by atoms with Crippen molar-refractivity contribution in [2.24, 2.45) is 0 Å². The largest absolute Gasteiger partial charge is 0.354 e. The van der Waals surface area contributed by atoms with Crippen LogP contribution in [0, 0.1) is 11.6 Å². The van der Waals surface area contributed by atoms with Crippen LogP contribution in [0.1, 0.15) is 30.9 Å². The van der Waals surface area contributed by atoms with Gasteiger partial charge in [-0.1, -0.05) is 72.9 Å². The van der Waals surface area contributed by atoms with Crippen molar-refractivity contribution in [2.75, 3.05) is 23.7 Å². The van der Waals surface area contributed by atoms with Gasteiger partial charge in [0.2, 0.25) is 21.8 Å². The van der Waals surface area contributed by atoms with Crippen molar-refractivity contribution in [1.82, 2.24) is 10.2 Å². The fourth-order valence-corrected chi connectivity index (χ4v) is 5.46. The third kappa shape index (κ3) is 9.14. The number of nitrogens with one attached hydrogen (secondary N) is 1. The van der Waals surface area contributed by atoms with Crippen molar-refractivity contribution >= 4 is 50.7 Å². The van der Waals surface area contributed by atoms with E-state index < -0.39 is 46.1 Å². The first-order valence-electron chi connectivity index (χ1n) is 12.9. The standard InChI is InChI=1S/C29H31Cl2F2N3O4S/c1-3-4-14-34-29(38)27(15-20-8-6-5-7-9-20)35(18-21-10-11-22(30)16-24(21)31)28(37)19-36(41(2,39)40)23-12-13-25(32)26(33)17-23/h5-13,16-17,27H,3-4,14-15,18-19H2,1-2H3,(H,34,38)/t27-/m1/s1. The van der Waals surface area contributed by atoms with Crippen LogP contribution in [0.3, 0.4) is 0 Å². The van der Waals surface area contributed by atoms with Crippen LogP contribution >= 0.6 is 23.2 Å². The SMILES string of the molecule is CCCCNC(=O)[C@@H](Cc1ccccc1)N(Cc1ccc(Cl)cc1Cl)C(=O)CN(c1ccc(F)c(F)c1)S(C)(=O)=O. The van der Waals surface area contributed by atoms with Crippen LogP contribution in [0.5, 0.6) is 0 Å². The number of nitrogens with zero attached hydrogens (tertiary/aromatic N) is 2. The van der Waals surface area contributed by atoms with E-state index in [1.165, 1.54) is 11.0 Å². The highest BCUT2D eigenvalue weighted by molar-refractivity contribution is 7.92. The van der Waals surface area contributed by atoms with Crippen molar-refractivity contribution < 1.29 is 26.8 Å². The average Bonchev–Trinajstić information content (AvgIpc) is 2.92. The summed E-state index contributed by atoms with van der Waals surface area (Å²) in [6, 6.07) is 15.2. The van der Waals surface area contributed by atoms with E-state index in [0.717, 1.165) is 36.8 Å². The Hall–Kier alpha value is -3.21. The van der Waals surface area contributed by atoms with Gasteiger partial charge < -0.3 is 10.2 Å². The predicted octanol–water partition coefficient (Wildman–Crippen LogP) is 5.59. The lowest BCUT2D eigenvalue weighted by Crippen LogP contribution is -2.53. The summed E-state index contributed by atoms with van der Waals surface area (Å²) < 4.78 is 53.8. The van der Waals surface area contributed by atoms with Crippen LogP contribution in [0.4, 0.5) is 14.5 Å². The Balaban J connectivity index is 2.07. The van der Waals surface area contributed by atoms with Gasteiger partial charge in [0, 0.05) is 35.6 Å². The Morgan fingerprint density at radius 2 is 1.68 bits per heavy atom. The minimum atomic E-state index is -4.13. The summed E-state index contributed by atoms with van der Waals surface area (Å²) in [7, 11) is -4.13. The molecule has 3 aromatic rings. The molecule has 0 aliphatic carbocycles. The van der Waals surface area contributed by atoms with Gasteiger partial charge in [0.05, 0.1) is 11.9 Å². The Morgan fingerprint density at radius 1 is 0.976 bits per heavy atom. The van der Waals surface area contributed by atoms with Gasteiger partial charge in [-0.3, -0.25) is 13.9 Å². The van der Waals surface area contributed by atoms with E-state index in [0.29, 0.717) is 27.5 Å². The monoisotopic (exact) mass is 625 g/mol. The fourth-order valence-electron chi connectivity index (χ4n) is 4.15. The van der Waals surface area contributed by atoms with Gasteiger partial charge in [-0.25, -0.2) is 17.2 Å². The maximum absolute atomic E-state index is 14.0. The molecule has 220 valence electrons. The molecule has 0 fully saturated rings. The maximum atomic E-state index is 14.0. The lowest BCUT2D eigenvalue weighted by atomic mass is 10.0. The van der Waals surface area contributed by atoms with Crippen LogP contribution in [0.15, 0.2) is 66.7 Å². The van der Waals surface area contributed by atoms with Gasteiger partial charge in [-0.15, -0.1) is 0 Å². The fraction of sp³-hybridized carbons (Fsp3) is 0.310. The third-order valence-electron chi connectivity index (χ3n) is 6.33. The van der Waals surface area contributed by atoms with E-state index in [1.807, 2.05) is 25.1 Å². The second kappa shape index (κ2) is 14.6. The van der Waals surface area contributed by atoms with Gasteiger partial charge in [0.25, 0.3) is 0 Å². The molecule has 0 bridgehead atoms. The van der Waals surface area contributed by atoms with Crippen LogP contribution in [-0.4, -0.2) is 50.5 Å². The molecule has 7 nitrogen and oxygen atoms in total. The van der Waals surface area contributed by atoms with Gasteiger partial charge in [-0.2, -0.15) is 0 Å². The number of unbranched alkanes of at least 4 members (excludes halogenated alkanes) is 1. The zero-order chi connectivity index (χ0) is 30.2. The number of anilines is 1. The van der Waals surface area contributed by atoms with Crippen LogP contribution in [0.2, 0.25) is 10.0 Å². The summed E-state index contributed by atoms with van der Waals surface area (Å²) in [5, 5.41) is 3.49. The van der Waals surface area contributed by atoms with Gasteiger partial charge in [-0.05, 0) is 41.8 Å². The van der Waals surface area contributed by atoms with Crippen molar-refractivity contribution in [3.8, 4) is 0 Å². The Morgan fingerprint density at radius 3 is 2.29 bits per heavy atom. The molecule has 0 saturated heterocycles. The smallest absolute Gasteiger partial charge is 0.244 e. The average molecular weight is 627 g/mol. The van der Waals surface area contributed by atoms with E-state index in [9.17, 15) is 26.8 Å². The number of carbonyl (C=O) groups is 2. The summed E-state index contributed by atoms with van der Waals surface area (Å²) in [6.45, 7) is 1.43. The van der Waals surface area contributed by atoms with Crippen LogP contribution in [0.25, 0.3) is 0 Å². The molecule has 0 aliphatic heterocycles. The molecular formula is C29H31Cl2F2N3O4S. The van der Waals surface area contributed by atoms with Crippen molar-refractivity contribution in [2.45, 2.75) is 38.8 Å². The molecule has 0 aromatic heterocycles. The second-order valence-corrected chi connectivity index (χ2v) is 12.2. The van der Waals surface area contributed by atoms with E-state index in [2.05, 4.69) is 5.32 Å². The molecule has 3 aromatic carbocycles. The summed E-state index contributed by atoms with van der Waals surface area (Å²) in [5.41, 5.74) is 1.00. The number of rotatable bonds is 13. The molecule has 41 heavy (non-hydrogen) atoms. The number of sulfonamides is 1. The van der Waals surface area contributed by atoms with E-state index in [-0.39, 0.29) is 23.7 Å². The molecule has 0 spiro atoms. The number of amides is 2. The Bertz CT molecular complexity index is 1480. The summed E-state index contributed by atoms with van der Waals surface area (Å²) >= 11 is 12.5. The molecule has 1 atom stereocenters. The first-order chi connectivity index (χ1) is 19.4. The normalized spacial score (nSPS) is 12.0. The summed E-state index contributed by atoms with van der Waals surface area (Å²) in [5.74, 6) is -3.62. The van der Waals surface area contributed by atoms with Crippen molar-refractivity contribution in [3.63, 3.8) is 0 Å². The first-order valence-corrected chi connectivity index (χ1v) is 15.5. The zero-order valence-corrected chi connectivity index (χ0v) is 24.9. The third-order valence-corrected chi connectivity index (χ3v) is 8.05. The molecule has 12 heteroatoms. The quantitative estimate of drug-likeness (QED) is 0.251. The molecular weight excluding hydrogens is 595 g/mol. The van der Waals surface area contributed by atoms with Gasteiger partial charge in [0.1, 0.15) is 12.6 Å². The van der Waals surface area contributed by atoms with Gasteiger partial charge >= 0.3 is 0 Å². The zero-order valence-electron chi connectivity index (χ0n) is 22.6. The highest BCUT2D eigenvalue weighted by Gasteiger charge is 2.33. The van der Waals surface area contributed by atoms with E-state index >= 15 is 0 Å². The molecule has 0 unspecified atom stereocenters. The number of hydrogen-bond acceptors (Lipinski definition) is 4. The summed E-state index contributed by atoms with van der Waals surface area (Å²) in [4.78, 5) is 28.8. The minimum absolute atomic E-state index is 0.125. The number of halogens is 4. The molecule has 1 N–H and O–H groups in total. The lowest BCUT2D eigenvalue weighted by Gasteiger charge is -2.33. The first kappa shape index (κ1) is 32.3. The van der Waals surface area contributed by atoms with Crippen LogP contribution in [-0.2, 0) is 32.6 Å². The second-order valence-electron chi connectivity index (χ2n) is 9.48. The lowest BCUT2D eigenvalue weighted by molar-refractivity contribution is -0.140. The molecule has 0 radical (unpaired) electrons. The minimum Gasteiger partial charge on any atom is -0.354 e. The van der Waals surface area contributed by atoms with Gasteiger partial charge in [0.15, 0.2) is 11.6 Å². The maximum Gasteiger partial charge on any atom is 0.244 e. The number of benzene rings is 3. The highest BCUT2D eigenvalue weighted by atomic mass is 35.5. The van der Waals surface area contributed by atoms with E-state index in [4.69, 9.17) is 23.2 Å². The molecule has 0 saturated carbocycles. The van der Waals surface area contributed by atoms with E-state index in [1.54, 1.807) is 24.3 Å². The van der Waals surface area contributed by atoms with Crippen molar-refractivity contribution in [3.05, 3.63) is 99.5 Å². The highest BCUT2D eigenvalue weighted by Crippen LogP contribution is 2.26. The molecule has 3 rings (SSSR count). The summed E-state index contributed by atoms with van der Waals surface area (Å²) in [6.07, 6.45) is 2.53.